The van der Waals surface area contributed by atoms with Gasteiger partial charge >= 0.3 is 0 Å². The van der Waals surface area contributed by atoms with Crippen molar-refractivity contribution >= 4 is 33.2 Å². The van der Waals surface area contributed by atoms with Crippen LogP contribution in [-0.4, -0.2) is 24.2 Å². The summed E-state index contributed by atoms with van der Waals surface area (Å²) in [6.07, 6.45) is 2.43. The van der Waals surface area contributed by atoms with Crippen LogP contribution in [0.5, 0.6) is 0 Å². The molecular weight excluding hydrogens is 302 g/mol. The van der Waals surface area contributed by atoms with Crippen molar-refractivity contribution < 1.29 is 13.2 Å². The van der Waals surface area contributed by atoms with E-state index in [1.165, 1.54) is 37.5 Å². The van der Waals surface area contributed by atoms with E-state index in [9.17, 15) is 13.2 Å². The summed E-state index contributed by atoms with van der Waals surface area (Å²) < 4.78 is 26.5. The molecule has 0 spiro atoms. The number of aromatic nitrogens is 2. The van der Waals surface area contributed by atoms with Gasteiger partial charge in [-0.15, -0.1) is 0 Å². The van der Waals surface area contributed by atoms with Crippen LogP contribution in [0.15, 0.2) is 41.6 Å². The molecule has 0 aliphatic rings. The average molecular weight is 312 g/mol. The molecule has 0 bridgehead atoms. The minimum Gasteiger partial charge on any atom is -0.295 e. The lowest BCUT2D eigenvalue weighted by Crippen LogP contribution is -2.14. The first kappa shape index (κ1) is 14.4. The number of rotatable bonds is 4. The van der Waals surface area contributed by atoms with Crippen LogP contribution in [0.3, 0.4) is 0 Å². The Morgan fingerprint density at radius 1 is 1.25 bits per heavy atom. The first-order chi connectivity index (χ1) is 9.38. The number of halogens is 1. The number of hydrogen-bond donors (Lipinski definition) is 1. The van der Waals surface area contributed by atoms with Crippen molar-refractivity contribution in [1.29, 1.82) is 0 Å². The largest absolute Gasteiger partial charge is 0.295 e. The van der Waals surface area contributed by atoms with Crippen LogP contribution in [0.25, 0.3) is 0 Å². The van der Waals surface area contributed by atoms with E-state index >= 15 is 0 Å². The summed E-state index contributed by atoms with van der Waals surface area (Å²) in [5.74, 6) is -0.170. The van der Waals surface area contributed by atoms with E-state index in [2.05, 4.69) is 14.7 Å². The topological polar surface area (TPSA) is 89.0 Å². The molecule has 0 unspecified atom stereocenters. The fourth-order valence-electron chi connectivity index (χ4n) is 1.44. The second-order valence-corrected chi connectivity index (χ2v) is 5.98. The van der Waals surface area contributed by atoms with E-state index < -0.39 is 10.0 Å². The number of hydrogen-bond acceptors (Lipinski definition) is 5. The highest BCUT2D eigenvalue weighted by atomic mass is 35.5. The third-order valence-corrected chi connectivity index (χ3v) is 3.96. The van der Waals surface area contributed by atoms with Gasteiger partial charge in [0.15, 0.2) is 11.6 Å². The number of benzene rings is 1. The zero-order valence-corrected chi connectivity index (χ0v) is 11.9. The lowest BCUT2D eigenvalue weighted by atomic mass is 10.2. The minimum atomic E-state index is -3.83. The number of carbonyl (C=O) groups is 1. The zero-order valence-electron chi connectivity index (χ0n) is 10.4. The Balaban J connectivity index is 2.33. The first-order valence-electron chi connectivity index (χ1n) is 5.50. The third kappa shape index (κ3) is 3.31. The minimum absolute atomic E-state index is 0.0260. The molecule has 8 heteroatoms. The smallest absolute Gasteiger partial charge is 0.263 e. The Hall–Kier alpha value is -1.99. The van der Waals surface area contributed by atoms with E-state index in [0.717, 1.165) is 0 Å². The maximum atomic E-state index is 12.1. The molecule has 0 saturated heterocycles. The van der Waals surface area contributed by atoms with Crippen molar-refractivity contribution in [1.82, 2.24) is 9.97 Å². The lowest BCUT2D eigenvalue weighted by Gasteiger charge is -2.07. The van der Waals surface area contributed by atoms with Crippen LogP contribution in [-0.2, 0) is 10.0 Å². The molecule has 1 aromatic carbocycles. The maximum absolute atomic E-state index is 12.1. The molecule has 2 aromatic rings. The van der Waals surface area contributed by atoms with Crippen molar-refractivity contribution in [3.8, 4) is 0 Å². The van der Waals surface area contributed by atoms with E-state index in [1.807, 2.05) is 0 Å². The molecule has 6 nitrogen and oxygen atoms in total. The summed E-state index contributed by atoms with van der Waals surface area (Å²) in [6.45, 7) is 1.36. The molecule has 0 fully saturated rings. The molecule has 1 heterocycles. The summed E-state index contributed by atoms with van der Waals surface area (Å²) in [6, 6.07) is 5.73. The van der Waals surface area contributed by atoms with Gasteiger partial charge in [0, 0.05) is 5.56 Å². The molecule has 0 radical (unpaired) electrons. The Morgan fingerprint density at radius 2 is 2.00 bits per heavy atom. The number of carbonyl (C=O) groups excluding carboxylic acids is 1. The fraction of sp³-hybridized carbons (Fsp3) is 0.0833. The van der Waals surface area contributed by atoms with Gasteiger partial charge in [-0.2, -0.15) is 0 Å². The van der Waals surface area contributed by atoms with Crippen molar-refractivity contribution in [2.75, 3.05) is 4.72 Å². The van der Waals surface area contributed by atoms with Crippen LogP contribution in [0.2, 0.25) is 5.15 Å². The van der Waals surface area contributed by atoms with E-state index in [0.29, 0.717) is 5.56 Å². The molecule has 0 aliphatic heterocycles. The van der Waals surface area contributed by atoms with Crippen molar-refractivity contribution in [3.05, 3.63) is 47.4 Å². The number of nitrogens with one attached hydrogen (secondary N) is 1. The highest BCUT2D eigenvalue weighted by Gasteiger charge is 2.16. The normalized spacial score (nSPS) is 11.1. The van der Waals surface area contributed by atoms with Crippen molar-refractivity contribution in [2.45, 2.75) is 11.8 Å². The van der Waals surface area contributed by atoms with Crippen molar-refractivity contribution in [3.63, 3.8) is 0 Å². The molecule has 20 heavy (non-hydrogen) atoms. The van der Waals surface area contributed by atoms with Crippen LogP contribution >= 0.6 is 11.6 Å². The summed E-state index contributed by atoms with van der Waals surface area (Å²) in [4.78, 5) is 18.8. The van der Waals surface area contributed by atoms with E-state index in [-0.39, 0.29) is 21.6 Å². The molecule has 1 aromatic heterocycles. The molecule has 104 valence electrons. The molecule has 0 amide bonds. The van der Waals surface area contributed by atoms with Crippen molar-refractivity contribution in [2.24, 2.45) is 0 Å². The van der Waals surface area contributed by atoms with Gasteiger partial charge in [0.25, 0.3) is 10.0 Å². The molecule has 2 rings (SSSR count). The standard InChI is InChI=1S/C12H10ClN3O3S/c1-8(17)9-3-2-4-10(5-9)20(18,19)16-12-7-14-11(13)6-15-12/h2-7H,1H3,(H,15,16). The Kier molecular flexibility index (Phi) is 4.01. The second kappa shape index (κ2) is 5.56. The number of Topliss-reactive ketones (excluding diaryl/α,β-unsaturated/α-hetero) is 1. The highest BCUT2D eigenvalue weighted by Crippen LogP contribution is 2.16. The Labute approximate surface area is 120 Å². The first-order valence-corrected chi connectivity index (χ1v) is 7.36. The van der Waals surface area contributed by atoms with Gasteiger partial charge in [0.2, 0.25) is 0 Å². The highest BCUT2D eigenvalue weighted by molar-refractivity contribution is 7.92. The van der Waals surface area contributed by atoms with E-state index in [4.69, 9.17) is 11.6 Å². The molecule has 0 aliphatic carbocycles. The number of ketones is 1. The SMILES string of the molecule is CC(=O)c1cccc(S(=O)(=O)Nc2cnc(Cl)cn2)c1. The van der Waals surface area contributed by atoms with Gasteiger partial charge in [0.05, 0.1) is 17.3 Å². The van der Waals surface area contributed by atoms with Gasteiger partial charge in [-0.25, -0.2) is 18.4 Å². The monoisotopic (exact) mass is 311 g/mol. The average Bonchev–Trinajstić information content (AvgIpc) is 2.41. The Bertz CT molecular complexity index is 745. The second-order valence-electron chi connectivity index (χ2n) is 3.91. The van der Waals surface area contributed by atoms with Gasteiger partial charge in [-0.05, 0) is 19.1 Å². The van der Waals surface area contributed by atoms with Gasteiger partial charge in [-0.1, -0.05) is 23.7 Å². The molecule has 1 N–H and O–H groups in total. The molecule has 0 saturated carbocycles. The Morgan fingerprint density at radius 3 is 2.60 bits per heavy atom. The number of sulfonamides is 1. The summed E-state index contributed by atoms with van der Waals surface area (Å²) in [7, 11) is -3.83. The number of anilines is 1. The predicted molar refractivity (Wildman–Crippen MR) is 74.3 cm³/mol. The lowest BCUT2D eigenvalue weighted by molar-refractivity contribution is 0.101. The third-order valence-electron chi connectivity index (χ3n) is 2.41. The predicted octanol–water partition coefficient (Wildman–Crippen LogP) is 2.13. The van der Waals surface area contributed by atoms with Gasteiger partial charge in [0.1, 0.15) is 5.15 Å². The number of nitrogens with zero attached hydrogens (tertiary/aromatic N) is 2. The molecular formula is C12H10ClN3O3S. The summed E-state index contributed by atoms with van der Waals surface area (Å²) in [5.41, 5.74) is 0.315. The van der Waals surface area contributed by atoms with Crippen LogP contribution in [0.1, 0.15) is 17.3 Å². The van der Waals surface area contributed by atoms with Crippen LogP contribution in [0, 0.1) is 0 Å². The zero-order chi connectivity index (χ0) is 14.8. The molecule has 0 atom stereocenters. The van der Waals surface area contributed by atoms with Crippen LogP contribution in [0.4, 0.5) is 5.82 Å². The van der Waals surface area contributed by atoms with Crippen LogP contribution < -0.4 is 4.72 Å². The maximum Gasteiger partial charge on any atom is 0.263 e. The van der Waals surface area contributed by atoms with Gasteiger partial charge in [-0.3, -0.25) is 9.52 Å². The summed E-state index contributed by atoms with van der Waals surface area (Å²) in [5, 5.41) is 0.159. The van der Waals surface area contributed by atoms with E-state index in [1.54, 1.807) is 6.07 Å². The van der Waals surface area contributed by atoms with Gasteiger partial charge < -0.3 is 0 Å². The summed E-state index contributed by atoms with van der Waals surface area (Å²) >= 11 is 5.57. The quantitative estimate of drug-likeness (QED) is 0.874. The fourth-order valence-corrected chi connectivity index (χ4v) is 2.58.